The van der Waals surface area contributed by atoms with E-state index in [-0.39, 0.29) is 18.7 Å². The third kappa shape index (κ3) is 5.25. The average Bonchev–Trinajstić information content (AvgIpc) is 3.44. The quantitative estimate of drug-likeness (QED) is 0.554. The average molecular weight is 443 g/mol. The molecule has 0 bridgehead atoms. The Morgan fingerprint density at radius 2 is 1.90 bits per heavy atom. The second kappa shape index (κ2) is 9.67. The molecule has 1 saturated heterocycles. The van der Waals surface area contributed by atoms with Crippen LogP contribution in [0.4, 0.5) is 5.13 Å². The van der Waals surface area contributed by atoms with Gasteiger partial charge in [-0.1, -0.05) is 46.8 Å². The molecule has 1 aliphatic rings. The van der Waals surface area contributed by atoms with E-state index < -0.39 is 5.91 Å². The number of thiazole rings is 1. The first kappa shape index (κ1) is 20.9. The fourth-order valence-corrected chi connectivity index (χ4v) is 4.02. The lowest BCUT2D eigenvalue weighted by Gasteiger charge is -2.25. The number of rotatable bonds is 6. The van der Waals surface area contributed by atoms with Gasteiger partial charge in [0.05, 0.1) is 18.9 Å². The van der Waals surface area contributed by atoms with Crippen molar-refractivity contribution >= 4 is 28.3 Å². The van der Waals surface area contributed by atoms with E-state index in [2.05, 4.69) is 30.9 Å². The summed E-state index contributed by atoms with van der Waals surface area (Å²) in [6.45, 7) is 4.54. The van der Waals surface area contributed by atoms with Crippen LogP contribution in [0.15, 0.2) is 34.9 Å². The maximum Gasteiger partial charge on any atom is 0.281 e. The van der Waals surface area contributed by atoms with E-state index in [0.29, 0.717) is 35.5 Å². The Balaban J connectivity index is 1.26. The minimum Gasteiger partial charge on any atom is -0.378 e. The molecule has 0 radical (unpaired) electrons. The van der Waals surface area contributed by atoms with Gasteiger partial charge in [0.2, 0.25) is 17.6 Å². The molecule has 1 aliphatic heterocycles. The topological polar surface area (TPSA) is 122 Å². The summed E-state index contributed by atoms with van der Waals surface area (Å²) >= 11 is 1.30. The molecule has 162 valence electrons. The van der Waals surface area contributed by atoms with Gasteiger partial charge >= 0.3 is 0 Å². The lowest BCUT2D eigenvalue weighted by Crippen LogP contribution is -2.41. The number of hydrogen-bond donors (Lipinski definition) is 2. The minimum absolute atomic E-state index is 0.0946. The predicted molar refractivity (Wildman–Crippen MR) is 114 cm³/mol. The Labute approximate surface area is 182 Å². The molecular weight excluding hydrogens is 420 g/mol. The van der Waals surface area contributed by atoms with Crippen molar-refractivity contribution in [2.75, 3.05) is 31.2 Å². The molecule has 3 heterocycles. The normalized spacial score (nSPS) is 13.8. The highest BCUT2D eigenvalue weighted by molar-refractivity contribution is 7.17. The Hall–Kier alpha value is -3.31. The lowest BCUT2D eigenvalue weighted by atomic mass is 10.2. The van der Waals surface area contributed by atoms with Crippen molar-refractivity contribution < 1.29 is 18.8 Å². The SMILES string of the molecule is Cc1nc(N2CCOCC2)sc1C(=O)NNC(=O)CCc1nc(-c2ccccc2)no1. The molecule has 3 aromatic rings. The first-order valence-corrected chi connectivity index (χ1v) is 10.7. The van der Waals surface area contributed by atoms with Crippen LogP contribution in [0, 0.1) is 6.92 Å². The van der Waals surface area contributed by atoms with Crippen LogP contribution in [-0.2, 0) is 16.0 Å². The Morgan fingerprint density at radius 3 is 2.68 bits per heavy atom. The number of amides is 2. The second-order valence-corrected chi connectivity index (χ2v) is 7.87. The van der Waals surface area contributed by atoms with Gasteiger partial charge in [0.1, 0.15) is 4.88 Å². The van der Waals surface area contributed by atoms with Crippen LogP contribution >= 0.6 is 11.3 Å². The number of hydrazine groups is 1. The monoisotopic (exact) mass is 442 g/mol. The number of aryl methyl sites for hydroxylation is 2. The zero-order valence-corrected chi connectivity index (χ0v) is 17.8. The van der Waals surface area contributed by atoms with Crippen molar-refractivity contribution in [3.8, 4) is 11.4 Å². The van der Waals surface area contributed by atoms with Crippen molar-refractivity contribution in [1.82, 2.24) is 26.0 Å². The number of anilines is 1. The molecule has 0 spiro atoms. The molecule has 4 rings (SSSR count). The van der Waals surface area contributed by atoms with Gasteiger partial charge in [0.15, 0.2) is 5.13 Å². The van der Waals surface area contributed by atoms with E-state index >= 15 is 0 Å². The highest BCUT2D eigenvalue weighted by Gasteiger charge is 2.21. The molecule has 0 aliphatic carbocycles. The van der Waals surface area contributed by atoms with Crippen LogP contribution in [0.1, 0.15) is 27.7 Å². The highest BCUT2D eigenvalue weighted by atomic mass is 32.1. The molecule has 31 heavy (non-hydrogen) atoms. The van der Waals surface area contributed by atoms with Gasteiger partial charge in [0, 0.05) is 31.5 Å². The number of benzene rings is 1. The van der Waals surface area contributed by atoms with Gasteiger partial charge in [0.25, 0.3) is 5.91 Å². The smallest absolute Gasteiger partial charge is 0.281 e. The molecule has 1 fully saturated rings. The van der Waals surface area contributed by atoms with Crippen molar-refractivity contribution in [2.45, 2.75) is 19.8 Å². The first-order chi connectivity index (χ1) is 15.1. The maximum absolute atomic E-state index is 12.5. The number of carbonyl (C=O) groups excluding carboxylic acids is 2. The summed E-state index contributed by atoms with van der Waals surface area (Å²) in [5.74, 6) is 0.0743. The third-order valence-electron chi connectivity index (χ3n) is 4.65. The van der Waals surface area contributed by atoms with Gasteiger partial charge in [-0.15, -0.1) is 0 Å². The number of ether oxygens (including phenoxy) is 1. The number of morpholine rings is 1. The zero-order chi connectivity index (χ0) is 21.6. The first-order valence-electron chi connectivity index (χ1n) is 9.87. The van der Waals surface area contributed by atoms with Crippen molar-refractivity contribution in [2.24, 2.45) is 0 Å². The fourth-order valence-electron chi connectivity index (χ4n) is 3.01. The number of nitrogens with zero attached hydrogens (tertiary/aromatic N) is 4. The standard InChI is InChI=1S/C20H22N6O4S/c1-13-17(31-20(21-13)26-9-11-29-12-10-26)19(28)24-23-15(27)7-8-16-22-18(25-30-16)14-5-3-2-4-6-14/h2-6H,7-12H2,1H3,(H,23,27)(H,24,28). The number of hydrogen-bond acceptors (Lipinski definition) is 9. The summed E-state index contributed by atoms with van der Waals surface area (Å²) < 4.78 is 10.5. The molecule has 2 aromatic heterocycles. The van der Waals surface area contributed by atoms with E-state index in [1.165, 1.54) is 11.3 Å². The summed E-state index contributed by atoms with van der Waals surface area (Å²) in [6.07, 6.45) is 0.361. The van der Waals surface area contributed by atoms with Crippen LogP contribution in [-0.4, -0.2) is 53.2 Å². The van der Waals surface area contributed by atoms with E-state index in [0.717, 1.165) is 23.8 Å². The molecule has 0 unspecified atom stereocenters. The number of aromatic nitrogens is 3. The Morgan fingerprint density at radius 1 is 1.13 bits per heavy atom. The number of nitrogens with one attached hydrogen (secondary N) is 2. The van der Waals surface area contributed by atoms with Gasteiger partial charge < -0.3 is 14.2 Å². The van der Waals surface area contributed by atoms with Crippen LogP contribution in [0.5, 0.6) is 0 Å². The van der Waals surface area contributed by atoms with Crippen LogP contribution in [0.25, 0.3) is 11.4 Å². The predicted octanol–water partition coefficient (Wildman–Crippen LogP) is 1.73. The van der Waals surface area contributed by atoms with Gasteiger partial charge in [-0.3, -0.25) is 20.4 Å². The molecule has 0 atom stereocenters. The van der Waals surface area contributed by atoms with Crippen LogP contribution in [0.2, 0.25) is 0 Å². The summed E-state index contributed by atoms with van der Waals surface area (Å²) in [7, 11) is 0. The Bertz CT molecular complexity index is 1050. The van der Waals surface area contributed by atoms with E-state index in [9.17, 15) is 9.59 Å². The van der Waals surface area contributed by atoms with Crippen LogP contribution in [0.3, 0.4) is 0 Å². The zero-order valence-electron chi connectivity index (χ0n) is 17.0. The molecule has 11 heteroatoms. The Kier molecular flexibility index (Phi) is 6.53. The molecule has 2 N–H and O–H groups in total. The largest absolute Gasteiger partial charge is 0.378 e. The van der Waals surface area contributed by atoms with Gasteiger partial charge in [-0.25, -0.2) is 4.98 Å². The van der Waals surface area contributed by atoms with Crippen molar-refractivity contribution in [3.05, 3.63) is 46.8 Å². The van der Waals surface area contributed by atoms with E-state index in [4.69, 9.17) is 9.26 Å². The minimum atomic E-state index is -0.396. The van der Waals surface area contributed by atoms with Gasteiger partial charge in [-0.2, -0.15) is 4.98 Å². The summed E-state index contributed by atoms with van der Waals surface area (Å²) in [5.41, 5.74) is 6.33. The summed E-state index contributed by atoms with van der Waals surface area (Å²) in [6, 6.07) is 9.43. The molecular formula is C20H22N6O4S. The molecule has 1 aromatic carbocycles. The molecule has 10 nitrogen and oxygen atoms in total. The summed E-state index contributed by atoms with van der Waals surface area (Å²) in [4.78, 5) is 35.9. The number of carbonyl (C=O) groups is 2. The van der Waals surface area contributed by atoms with E-state index in [1.54, 1.807) is 6.92 Å². The second-order valence-electron chi connectivity index (χ2n) is 6.89. The summed E-state index contributed by atoms with van der Waals surface area (Å²) in [5, 5.41) is 4.70. The molecule has 0 saturated carbocycles. The van der Waals surface area contributed by atoms with Crippen molar-refractivity contribution in [1.29, 1.82) is 0 Å². The third-order valence-corrected chi connectivity index (χ3v) is 5.87. The van der Waals surface area contributed by atoms with E-state index in [1.807, 2.05) is 30.3 Å². The maximum atomic E-state index is 12.5. The lowest BCUT2D eigenvalue weighted by molar-refractivity contribution is -0.121. The van der Waals surface area contributed by atoms with Crippen molar-refractivity contribution in [3.63, 3.8) is 0 Å². The highest BCUT2D eigenvalue weighted by Crippen LogP contribution is 2.26. The van der Waals surface area contributed by atoms with Crippen LogP contribution < -0.4 is 15.8 Å². The van der Waals surface area contributed by atoms with Gasteiger partial charge in [-0.05, 0) is 6.92 Å². The molecule has 2 amide bonds. The fraction of sp³-hybridized carbons (Fsp3) is 0.350.